The molecule has 0 saturated carbocycles. The minimum absolute atomic E-state index is 0.0149. The molecule has 0 bridgehead atoms. The number of hydrogen-bond acceptors (Lipinski definition) is 4. The average molecular weight is 420 g/mol. The smallest absolute Gasteiger partial charge is 0.282 e. The van der Waals surface area contributed by atoms with Crippen LogP contribution in [-0.2, 0) is 21.4 Å². The van der Waals surface area contributed by atoms with Gasteiger partial charge in [-0.3, -0.25) is 4.79 Å². The summed E-state index contributed by atoms with van der Waals surface area (Å²) in [6.45, 7) is 6.69. The quantitative estimate of drug-likeness (QED) is 0.738. The van der Waals surface area contributed by atoms with Crippen LogP contribution in [0.2, 0.25) is 0 Å². The van der Waals surface area contributed by atoms with Gasteiger partial charge >= 0.3 is 0 Å². The molecule has 0 radical (unpaired) electrons. The zero-order valence-corrected chi connectivity index (χ0v) is 17.9. The molecule has 2 aromatic rings. The van der Waals surface area contributed by atoms with Crippen molar-refractivity contribution in [2.45, 2.75) is 39.2 Å². The summed E-state index contributed by atoms with van der Waals surface area (Å²) >= 11 is 0. The lowest BCUT2D eigenvalue weighted by Crippen LogP contribution is -2.54. The Hall–Kier alpha value is -1.97. The number of imidazole rings is 1. The first-order valence-electron chi connectivity index (χ1n) is 10.4. The number of aromatic nitrogens is 2. The lowest BCUT2D eigenvalue weighted by atomic mass is 10.2. The molecule has 158 valence electrons. The van der Waals surface area contributed by atoms with Crippen molar-refractivity contribution < 1.29 is 13.2 Å². The second-order valence-electron chi connectivity index (χ2n) is 7.75. The monoisotopic (exact) mass is 419 g/mol. The number of nitrogens with zero attached hydrogens (tertiary/aromatic N) is 5. The Bertz CT molecular complexity index is 989. The van der Waals surface area contributed by atoms with E-state index >= 15 is 0 Å². The Balaban J connectivity index is 1.47. The SMILES string of the molecule is CCc1nc2ccccc2n1[C@H](C)C(=O)N1CCN(S(=O)(=O)N2CCCC2)CC1. The molecule has 29 heavy (non-hydrogen) atoms. The van der Waals surface area contributed by atoms with Crippen LogP contribution in [0.15, 0.2) is 24.3 Å². The standard InChI is InChI=1S/C20H29N5O3S/c1-3-19-21-17-8-4-5-9-18(17)25(19)16(2)20(26)22-12-14-24(15-13-22)29(27,28)23-10-6-7-11-23/h4-5,8-9,16H,3,6-7,10-15H2,1-2H3/t16-/m1/s1. The highest BCUT2D eigenvalue weighted by Crippen LogP contribution is 2.24. The molecular formula is C20H29N5O3S. The Morgan fingerprint density at radius 3 is 2.31 bits per heavy atom. The molecule has 1 atom stereocenters. The van der Waals surface area contributed by atoms with Crippen LogP contribution in [0.25, 0.3) is 11.0 Å². The molecule has 1 amide bonds. The third-order valence-corrected chi connectivity index (χ3v) is 8.03. The largest absolute Gasteiger partial charge is 0.338 e. The predicted octanol–water partition coefficient (Wildman–Crippen LogP) is 1.64. The number of piperazine rings is 1. The van der Waals surface area contributed by atoms with E-state index in [0.717, 1.165) is 36.1 Å². The molecule has 0 unspecified atom stereocenters. The molecule has 2 saturated heterocycles. The first-order chi connectivity index (χ1) is 13.9. The number of hydrogen-bond donors (Lipinski definition) is 0. The normalized spacial score (nSPS) is 20.4. The van der Waals surface area contributed by atoms with Crippen molar-refractivity contribution in [2.75, 3.05) is 39.3 Å². The van der Waals surface area contributed by atoms with E-state index in [0.29, 0.717) is 39.3 Å². The fraction of sp³-hybridized carbons (Fsp3) is 0.600. The molecule has 4 rings (SSSR count). The second-order valence-corrected chi connectivity index (χ2v) is 9.68. The van der Waals surface area contributed by atoms with Crippen LogP contribution in [0.1, 0.15) is 38.6 Å². The van der Waals surface area contributed by atoms with Crippen LogP contribution < -0.4 is 0 Å². The summed E-state index contributed by atoms with van der Waals surface area (Å²) in [6.07, 6.45) is 2.59. The lowest BCUT2D eigenvalue weighted by molar-refractivity contribution is -0.135. The van der Waals surface area contributed by atoms with Crippen LogP contribution in [-0.4, -0.2) is 76.7 Å². The van der Waals surface area contributed by atoms with Gasteiger partial charge in [-0.1, -0.05) is 19.1 Å². The number of amides is 1. The first kappa shape index (κ1) is 20.3. The summed E-state index contributed by atoms with van der Waals surface area (Å²) in [6, 6.07) is 7.49. The van der Waals surface area contributed by atoms with E-state index in [-0.39, 0.29) is 11.9 Å². The van der Waals surface area contributed by atoms with Gasteiger partial charge in [-0.25, -0.2) is 4.98 Å². The van der Waals surface area contributed by atoms with Gasteiger partial charge in [0.2, 0.25) is 5.91 Å². The maximum atomic E-state index is 13.2. The van der Waals surface area contributed by atoms with E-state index in [1.807, 2.05) is 42.7 Å². The van der Waals surface area contributed by atoms with Gasteiger partial charge in [0.05, 0.1) is 11.0 Å². The van der Waals surface area contributed by atoms with Crippen molar-refractivity contribution in [1.29, 1.82) is 0 Å². The van der Waals surface area contributed by atoms with Gasteiger partial charge in [-0.05, 0) is 31.9 Å². The van der Waals surface area contributed by atoms with Crippen molar-refractivity contribution in [3.63, 3.8) is 0 Å². The highest BCUT2D eigenvalue weighted by molar-refractivity contribution is 7.86. The Kier molecular flexibility index (Phi) is 5.63. The minimum Gasteiger partial charge on any atom is -0.338 e. The fourth-order valence-corrected chi connectivity index (χ4v) is 6.04. The van der Waals surface area contributed by atoms with Gasteiger partial charge in [0, 0.05) is 45.7 Å². The number of para-hydroxylation sites is 2. The first-order valence-corrected chi connectivity index (χ1v) is 11.8. The van der Waals surface area contributed by atoms with Crippen LogP contribution >= 0.6 is 0 Å². The molecule has 8 nitrogen and oxygen atoms in total. The summed E-state index contributed by atoms with van der Waals surface area (Å²) in [7, 11) is -3.40. The van der Waals surface area contributed by atoms with Gasteiger partial charge in [0.1, 0.15) is 11.9 Å². The molecule has 0 N–H and O–H groups in total. The molecule has 2 aliphatic rings. The molecule has 0 spiro atoms. The Morgan fingerprint density at radius 2 is 1.66 bits per heavy atom. The number of carbonyl (C=O) groups excluding carboxylic acids is 1. The summed E-state index contributed by atoms with van der Waals surface area (Å²) in [5.41, 5.74) is 1.85. The average Bonchev–Trinajstić information content (AvgIpc) is 3.41. The van der Waals surface area contributed by atoms with E-state index in [2.05, 4.69) is 4.98 Å². The van der Waals surface area contributed by atoms with Crippen LogP contribution in [0.4, 0.5) is 0 Å². The maximum Gasteiger partial charge on any atom is 0.282 e. The number of fused-ring (bicyclic) bond motifs is 1. The molecule has 2 fully saturated rings. The number of benzene rings is 1. The molecule has 1 aromatic carbocycles. The molecule has 1 aromatic heterocycles. The Labute approximate surface area is 172 Å². The third-order valence-electron chi connectivity index (χ3n) is 6.00. The zero-order chi connectivity index (χ0) is 20.6. The molecule has 2 aliphatic heterocycles. The van der Waals surface area contributed by atoms with E-state index in [1.54, 1.807) is 9.21 Å². The minimum atomic E-state index is -3.40. The van der Waals surface area contributed by atoms with E-state index in [4.69, 9.17) is 0 Å². The topological polar surface area (TPSA) is 78.8 Å². The zero-order valence-electron chi connectivity index (χ0n) is 17.1. The van der Waals surface area contributed by atoms with Crippen LogP contribution in [0.3, 0.4) is 0 Å². The van der Waals surface area contributed by atoms with E-state index in [1.165, 1.54) is 4.31 Å². The number of aryl methyl sites for hydroxylation is 1. The molecule has 0 aliphatic carbocycles. The van der Waals surface area contributed by atoms with Gasteiger partial charge in [0.15, 0.2) is 0 Å². The number of carbonyl (C=O) groups is 1. The van der Waals surface area contributed by atoms with Gasteiger partial charge < -0.3 is 9.47 Å². The van der Waals surface area contributed by atoms with Crippen LogP contribution in [0.5, 0.6) is 0 Å². The molecular weight excluding hydrogens is 390 g/mol. The van der Waals surface area contributed by atoms with E-state index < -0.39 is 10.2 Å². The van der Waals surface area contributed by atoms with Crippen LogP contribution in [0, 0.1) is 0 Å². The van der Waals surface area contributed by atoms with Gasteiger partial charge in [-0.2, -0.15) is 17.0 Å². The van der Waals surface area contributed by atoms with Crippen molar-refractivity contribution >= 4 is 27.1 Å². The van der Waals surface area contributed by atoms with Crippen molar-refractivity contribution in [1.82, 2.24) is 23.1 Å². The molecule has 3 heterocycles. The fourth-order valence-electron chi connectivity index (χ4n) is 4.37. The second kappa shape index (κ2) is 8.04. The number of rotatable bonds is 5. The van der Waals surface area contributed by atoms with Gasteiger partial charge in [-0.15, -0.1) is 0 Å². The van der Waals surface area contributed by atoms with Gasteiger partial charge in [0.25, 0.3) is 10.2 Å². The maximum absolute atomic E-state index is 13.2. The van der Waals surface area contributed by atoms with Crippen molar-refractivity contribution in [3.8, 4) is 0 Å². The summed E-state index contributed by atoms with van der Waals surface area (Å²) in [5.74, 6) is 0.906. The Morgan fingerprint density at radius 1 is 1.03 bits per heavy atom. The predicted molar refractivity (Wildman–Crippen MR) is 112 cm³/mol. The van der Waals surface area contributed by atoms with E-state index in [9.17, 15) is 13.2 Å². The third kappa shape index (κ3) is 3.67. The summed E-state index contributed by atoms with van der Waals surface area (Å²) in [4.78, 5) is 19.7. The highest BCUT2D eigenvalue weighted by Gasteiger charge is 2.35. The molecule has 9 heteroatoms. The lowest BCUT2D eigenvalue weighted by Gasteiger charge is -2.37. The summed E-state index contributed by atoms with van der Waals surface area (Å²) < 4.78 is 30.6. The van der Waals surface area contributed by atoms with Crippen molar-refractivity contribution in [2.24, 2.45) is 0 Å². The van der Waals surface area contributed by atoms with Crippen molar-refractivity contribution in [3.05, 3.63) is 30.1 Å². The summed E-state index contributed by atoms with van der Waals surface area (Å²) in [5, 5.41) is 0. The highest BCUT2D eigenvalue weighted by atomic mass is 32.2.